The number of aromatic hydroxyl groups is 1. The van der Waals surface area contributed by atoms with Crippen molar-refractivity contribution in [2.75, 3.05) is 19.6 Å². The number of rotatable bonds is 8. The SMILES string of the molecule is Cc1cccc2nc(CNC3CCC(n4c(=O)c5cc(F)cnc5n(-c5cccc(-c6ccc(O)cc6CN6CCCNC(=O)C6)c5)c4=O)CC3)cn12. The highest BCUT2D eigenvalue weighted by Gasteiger charge is 2.28. The van der Waals surface area contributed by atoms with Crippen molar-refractivity contribution in [2.24, 2.45) is 0 Å². The first kappa shape index (κ1) is 34.4. The zero-order chi connectivity index (χ0) is 36.6. The van der Waals surface area contributed by atoms with E-state index in [4.69, 9.17) is 4.98 Å². The molecular formula is C40H41FN8O4. The summed E-state index contributed by atoms with van der Waals surface area (Å²) in [5.74, 6) is -0.597. The first-order valence-corrected chi connectivity index (χ1v) is 18.1. The van der Waals surface area contributed by atoms with Crippen LogP contribution in [-0.4, -0.2) is 65.1 Å². The fourth-order valence-electron chi connectivity index (χ4n) is 7.86. The fraction of sp³-hybridized carbons (Fsp3) is 0.325. The zero-order valence-electron chi connectivity index (χ0n) is 29.5. The largest absolute Gasteiger partial charge is 0.508 e. The van der Waals surface area contributed by atoms with Crippen LogP contribution in [0.15, 0.2) is 88.7 Å². The number of phenolic OH excluding ortho intramolecular Hbond substituents is 1. The summed E-state index contributed by atoms with van der Waals surface area (Å²) in [6.45, 7) is 4.68. The number of nitrogens with one attached hydrogen (secondary N) is 2. The molecule has 0 radical (unpaired) electrons. The van der Waals surface area contributed by atoms with E-state index in [1.54, 1.807) is 18.2 Å². The molecule has 5 heterocycles. The summed E-state index contributed by atoms with van der Waals surface area (Å²) >= 11 is 0. The number of hydrogen-bond donors (Lipinski definition) is 3. The summed E-state index contributed by atoms with van der Waals surface area (Å²) in [7, 11) is 0. The Bertz CT molecular complexity index is 2460. The van der Waals surface area contributed by atoms with E-state index in [0.717, 1.165) is 71.8 Å². The minimum atomic E-state index is -0.661. The molecule has 6 aromatic rings. The third-order valence-corrected chi connectivity index (χ3v) is 10.5. The van der Waals surface area contributed by atoms with Gasteiger partial charge in [0.15, 0.2) is 5.65 Å². The molecule has 4 aromatic heterocycles. The molecule has 1 saturated carbocycles. The van der Waals surface area contributed by atoms with Crippen LogP contribution in [0.25, 0.3) is 33.5 Å². The van der Waals surface area contributed by atoms with Crippen molar-refractivity contribution in [3.05, 3.63) is 123 Å². The van der Waals surface area contributed by atoms with Gasteiger partial charge in [0.1, 0.15) is 17.2 Å². The molecule has 2 aliphatic rings. The Balaban J connectivity index is 1.09. The Morgan fingerprint density at radius 2 is 1.83 bits per heavy atom. The summed E-state index contributed by atoms with van der Waals surface area (Å²) in [6, 6.07) is 19.5. The molecular weight excluding hydrogens is 675 g/mol. The molecule has 272 valence electrons. The van der Waals surface area contributed by atoms with Gasteiger partial charge < -0.3 is 20.1 Å². The third kappa shape index (κ3) is 6.97. The molecule has 53 heavy (non-hydrogen) atoms. The minimum absolute atomic E-state index is 0.0298. The van der Waals surface area contributed by atoms with Crippen LogP contribution in [0.2, 0.25) is 0 Å². The first-order chi connectivity index (χ1) is 25.7. The number of imidazole rings is 1. The lowest BCUT2D eigenvalue weighted by molar-refractivity contribution is -0.121. The van der Waals surface area contributed by atoms with Crippen LogP contribution < -0.4 is 21.9 Å². The number of halogens is 1. The third-order valence-electron chi connectivity index (χ3n) is 10.5. The molecule has 1 aliphatic heterocycles. The lowest BCUT2D eigenvalue weighted by Gasteiger charge is -2.30. The number of aromatic nitrogens is 5. The summed E-state index contributed by atoms with van der Waals surface area (Å²) < 4.78 is 19.4. The second-order valence-corrected chi connectivity index (χ2v) is 14.1. The van der Waals surface area contributed by atoms with Crippen molar-refractivity contribution in [1.82, 2.24) is 39.0 Å². The van der Waals surface area contributed by atoms with Gasteiger partial charge in [-0.1, -0.05) is 24.3 Å². The Kier molecular flexibility index (Phi) is 9.35. The fourth-order valence-corrected chi connectivity index (χ4v) is 7.86. The highest BCUT2D eigenvalue weighted by Crippen LogP contribution is 2.31. The number of hydrogen-bond acceptors (Lipinski definition) is 8. The number of carbonyl (C=O) groups is 1. The Labute approximate surface area is 304 Å². The molecule has 2 aromatic carbocycles. The van der Waals surface area contributed by atoms with E-state index in [1.807, 2.05) is 60.5 Å². The predicted octanol–water partition coefficient (Wildman–Crippen LogP) is 4.61. The summed E-state index contributed by atoms with van der Waals surface area (Å²) in [5, 5.41) is 17.0. The molecule has 1 saturated heterocycles. The summed E-state index contributed by atoms with van der Waals surface area (Å²) in [6.07, 6.45) is 6.56. The van der Waals surface area contributed by atoms with E-state index in [2.05, 4.69) is 20.0 Å². The molecule has 3 N–H and O–H groups in total. The number of amides is 1. The van der Waals surface area contributed by atoms with Crippen molar-refractivity contribution in [1.29, 1.82) is 0 Å². The smallest absolute Gasteiger partial charge is 0.337 e. The molecule has 2 fully saturated rings. The average molecular weight is 717 g/mol. The van der Waals surface area contributed by atoms with Gasteiger partial charge in [-0.2, -0.15) is 0 Å². The maximum atomic E-state index is 14.6. The van der Waals surface area contributed by atoms with Crippen LogP contribution in [0.1, 0.15) is 55.1 Å². The molecule has 12 nitrogen and oxygen atoms in total. The molecule has 0 atom stereocenters. The van der Waals surface area contributed by atoms with E-state index in [9.17, 15) is 23.9 Å². The average Bonchev–Trinajstić information content (AvgIpc) is 3.47. The van der Waals surface area contributed by atoms with Crippen LogP contribution in [0.4, 0.5) is 4.39 Å². The molecule has 13 heteroatoms. The van der Waals surface area contributed by atoms with Crippen LogP contribution in [0.3, 0.4) is 0 Å². The lowest BCUT2D eigenvalue weighted by atomic mass is 9.91. The van der Waals surface area contributed by atoms with Crippen molar-refractivity contribution in [3.63, 3.8) is 0 Å². The van der Waals surface area contributed by atoms with Gasteiger partial charge in [-0.25, -0.2) is 23.7 Å². The summed E-state index contributed by atoms with van der Waals surface area (Å²) in [5.41, 5.74) is 4.83. The van der Waals surface area contributed by atoms with Crippen LogP contribution in [-0.2, 0) is 17.9 Å². The predicted molar refractivity (Wildman–Crippen MR) is 200 cm³/mol. The Morgan fingerprint density at radius 1 is 1.00 bits per heavy atom. The number of aryl methyl sites for hydroxylation is 1. The molecule has 0 unspecified atom stereocenters. The minimum Gasteiger partial charge on any atom is -0.508 e. The molecule has 0 bridgehead atoms. The number of pyridine rings is 2. The molecule has 8 rings (SSSR count). The van der Waals surface area contributed by atoms with Gasteiger partial charge in [0.2, 0.25) is 5.91 Å². The maximum absolute atomic E-state index is 14.6. The van der Waals surface area contributed by atoms with E-state index in [0.29, 0.717) is 38.2 Å². The van der Waals surface area contributed by atoms with Gasteiger partial charge in [-0.05, 0) is 98.2 Å². The standard InChI is InChI=1S/C40H41FN8O4/c1-25-5-2-8-36-45-30(23-47(25)36)21-43-29-9-11-31(12-10-29)49-39(52)35-19-28(41)20-44-38(35)48(40(49)53)32-7-3-6-26(17-32)34-14-13-33(50)18-27(34)22-46-16-4-15-42-37(51)24-46/h2-3,5-8,13-14,17-20,23,29,31,43,50H,4,9-12,15-16,21-22,24H2,1H3,(H,42,51). The highest BCUT2D eigenvalue weighted by atomic mass is 19.1. The van der Waals surface area contributed by atoms with E-state index >= 15 is 0 Å². The van der Waals surface area contributed by atoms with Crippen molar-refractivity contribution in [3.8, 4) is 22.6 Å². The second kappa shape index (κ2) is 14.4. The van der Waals surface area contributed by atoms with Gasteiger partial charge in [0.25, 0.3) is 5.56 Å². The van der Waals surface area contributed by atoms with Crippen molar-refractivity contribution in [2.45, 2.75) is 64.2 Å². The van der Waals surface area contributed by atoms with Crippen LogP contribution in [0.5, 0.6) is 5.75 Å². The number of benzene rings is 2. The van der Waals surface area contributed by atoms with Crippen molar-refractivity contribution >= 4 is 22.6 Å². The topological polar surface area (TPSA) is 139 Å². The van der Waals surface area contributed by atoms with E-state index in [-0.39, 0.29) is 41.3 Å². The second-order valence-electron chi connectivity index (χ2n) is 14.1. The maximum Gasteiger partial charge on any atom is 0.337 e. The van der Waals surface area contributed by atoms with Gasteiger partial charge in [-0.3, -0.25) is 19.1 Å². The number of carbonyl (C=O) groups excluding carboxylic acids is 1. The first-order valence-electron chi connectivity index (χ1n) is 18.1. The molecule has 1 aliphatic carbocycles. The Hall–Kier alpha value is -5.66. The van der Waals surface area contributed by atoms with Gasteiger partial charge in [-0.15, -0.1) is 0 Å². The van der Waals surface area contributed by atoms with Gasteiger partial charge in [0, 0.05) is 50.2 Å². The zero-order valence-corrected chi connectivity index (χ0v) is 29.5. The number of nitrogens with zero attached hydrogens (tertiary/aromatic N) is 6. The van der Waals surface area contributed by atoms with E-state index in [1.165, 1.54) is 9.13 Å². The number of phenols is 1. The van der Waals surface area contributed by atoms with Crippen LogP contribution in [0, 0.1) is 12.7 Å². The van der Waals surface area contributed by atoms with Crippen LogP contribution >= 0.6 is 0 Å². The monoisotopic (exact) mass is 716 g/mol. The molecule has 0 spiro atoms. The van der Waals surface area contributed by atoms with E-state index < -0.39 is 17.1 Å². The summed E-state index contributed by atoms with van der Waals surface area (Å²) in [4.78, 5) is 51.7. The van der Waals surface area contributed by atoms with Gasteiger partial charge >= 0.3 is 5.69 Å². The lowest BCUT2D eigenvalue weighted by Crippen LogP contribution is -2.44. The Morgan fingerprint density at radius 3 is 2.66 bits per heavy atom. The normalized spacial score (nSPS) is 18.3. The van der Waals surface area contributed by atoms with Gasteiger partial charge in [0.05, 0.1) is 29.5 Å². The quantitative estimate of drug-likeness (QED) is 0.208. The molecule has 1 amide bonds. The number of fused-ring (bicyclic) bond motifs is 2. The van der Waals surface area contributed by atoms with Crippen molar-refractivity contribution < 1.29 is 14.3 Å². The highest BCUT2D eigenvalue weighted by molar-refractivity contribution is 5.79.